The minimum Gasteiger partial charge on any atom is -0.481 e. The highest BCUT2D eigenvalue weighted by molar-refractivity contribution is 8.14. The number of carbonyl (C=O) groups excluding carboxylic acids is 2. The zero-order valence-corrected chi connectivity index (χ0v) is 10.0. The SMILES string of the molecule is O=C1NC(C(=O)N2CCC[C@H](C(=O)O)C2)CS1. The summed E-state index contributed by atoms with van der Waals surface area (Å²) < 4.78 is 0. The molecule has 2 N–H and O–H groups in total. The van der Waals surface area contributed by atoms with Crippen LogP contribution in [0.5, 0.6) is 0 Å². The van der Waals surface area contributed by atoms with Crippen LogP contribution in [0.25, 0.3) is 0 Å². The molecule has 2 rings (SSSR count). The highest BCUT2D eigenvalue weighted by Crippen LogP contribution is 2.20. The predicted octanol–water partition coefficient (Wildman–Crippen LogP) is 0.135. The Kier molecular flexibility index (Phi) is 3.56. The Morgan fingerprint density at radius 3 is 2.82 bits per heavy atom. The molecule has 0 saturated carbocycles. The second-order valence-electron chi connectivity index (χ2n) is 4.26. The van der Waals surface area contributed by atoms with Crippen molar-refractivity contribution < 1.29 is 19.5 Å². The molecular weight excluding hydrogens is 244 g/mol. The van der Waals surface area contributed by atoms with Gasteiger partial charge in [-0.3, -0.25) is 14.4 Å². The lowest BCUT2D eigenvalue weighted by Gasteiger charge is -2.32. The van der Waals surface area contributed by atoms with Crippen LogP contribution < -0.4 is 5.32 Å². The fourth-order valence-corrected chi connectivity index (χ4v) is 2.89. The third-order valence-corrected chi connectivity index (χ3v) is 3.93. The number of thioether (sulfide) groups is 1. The maximum Gasteiger partial charge on any atom is 0.308 e. The second kappa shape index (κ2) is 4.95. The maximum absolute atomic E-state index is 12.0. The standard InChI is InChI=1S/C10H14N2O4S/c13-8(7-5-17-10(16)11-7)12-3-1-2-6(4-12)9(14)15/h6-7H,1-5H2,(H,11,16)(H,14,15)/t6-,7?/m0/s1. The smallest absolute Gasteiger partial charge is 0.308 e. The number of hydrogen-bond acceptors (Lipinski definition) is 4. The first-order chi connectivity index (χ1) is 8.08. The lowest BCUT2D eigenvalue weighted by atomic mass is 9.98. The van der Waals surface area contributed by atoms with Crippen LogP contribution in [0.1, 0.15) is 12.8 Å². The van der Waals surface area contributed by atoms with Gasteiger partial charge in [0.1, 0.15) is 6.04 Å². The number of carboxylic acids is 1. The van der Waals surface area contributed by atoms with Crippen LogP contribution in [0.2, 0.25) is 0 Å². The summed E-state index contributed by atoms with van der Waals surface area (Å²) in [5.74, 6) is -1.05. The van der Waals surface area contributed by atoms with Crippen molar-refractivity contribution in [2.75, 3.05) is 18.8 Å². The molecule has 2 amide bonds. The van der Waals surface area contributed by atoms with Crippen LogP contribution >= 0.6 is 11.8 Å². The van der Waals surface area contributed by atoms with Crippen molar-refractivity contribution in [1.29, 1.82) is 0 Å². The topological polar surface area (TPSA) is 86.7 Å². The second-order valence-corrected chi connectivity index (χ2v) is 5.25. The molecule has 2 heterocycles. The van der Waals surface area contributed by atoms with E-state index in [1.165, 1.54) is 0 Å². The minimum absolute atomic E-state index is 0.158. The predicted molar refractivity (Wildman–Crippen MR) is 61.7 cm³/mol. The Morgan fingerprint density at radius 2 is 2.24 bits per heavy atom. The zero-order chi connectivity index (χ0) is 12.4. The van der Waals surface area contributed by atoms with Crippen LogP contribution in [0.3, 0.4) is 0 Å². The summed E-state index contributed by atoms with van der Waals surface area (Å²) in [5.41, 5.74) is 0. The Morgan fingerprint density at radius 1 is 1.47 bits per heavy atom. The highest BCUT2D eigenvalue weighted by atomic mass is 32.2. The Labute approximate surface area is 103 Å². The van der Waals surface area contributed by atoms with E-state index in [1.807, 2.05) is 0 Å². The van der Waals surface area contributed by atoms with Crippen molar-refractivity contribution in [3.05, 3.63) is 0 Å². The van der Waals surface area contributed by atoms with Crippen molar-refractivity contribution in [3.8, 4) is 0 Å². The van der Waals surface area contributed by atoms with Gasteiger partial charge in [-0.15, -0.1) is 0 Å². The van der Waals surface area contributed by atoms with Crippen molar-refractivity contribution in [3.63, 3.8) is 0 Å². The van der Waals surface area contributed by atoms with E-state index in [1.54, 1.807) is 4.90 Å². The summed E-state index contributed by atoms with van der Waals surface area (Å²) in [4.78, 5) is 35.5. The van der Waals surface area contributed by atoms with Gasteiger partial charge in [0.05, 0.1) is 5.92 Å². The molecule has 0 aliphatic carbocycles. The van der Waals surface area contributed by atoms with Crippen molar-refractivity contribution in [2.45, 2.75) is 18.9 Å². The van der Waals surface area contributed by atoms with E-state index in [0.29, 0.717) is 25.1 Å². The van der Waals surface area contributed by atoms with Crippen LogP contribution in [-0.4, -0.2) is 52.0 Å². The first-order valence-electron chi connectivity index (χ1n) is 5.53. The monoisotopic (exact) mass is 258 g/mol. The number of hydrogen-bond donors (Lipinski definition) is 2. The number of nitrogens with zero attached hydrogens (tertiary/aromatic N) is 1. The van der Waals surface area contributed by atoms with Gasteiger partial charge in [0.2, 0.25) is 5.91 Å². The Balaban J connectivity index is 1.95. The molecule has 6 nitrogen and oxygen atoms in total. The van der Waals surface area contributed by atoms with E-state index in [-0.39, 0.29) is 17.7 Å². The van der Waals surface area contributed by atoms with E-state index in [4.69, 9.17) is 5.11 Å². The van der Waals surface area contributed by atoms with Crippen LogP contribution in [0.4, 0.5) is 4.79 Å². The summed E-state index contributed by atoms with van der Waals surface area (Å²) in [6, 6.07) is -0.486. The number of aliphatic carboxylic acids is 1. The molecule has 0 aromatic heterocycles. The van der Waals surface area contributed by atoms with Gasteiger partial charge in [-0.05, 0) is 12.8 Å². The number of amides is 2. The van der Waals surface area contributed by atoms with Crippen molar-refractivity contribution >= 4 is 28.9 Å². The molecule has 7 heteroatoms. The van der Waals surface area contributed by atoms with E-state index in [0.717, 1.165) is 11.8 Å². The van der Waals surface area contributed by atoms with Gasteiger partial charge in [0, 0.05) is 18.8 Å². The molecule has 94 valence electrons. The van der Waals surface area contributed by atoms with Gasteiger partial charge < -0.3 is 15.3 Å². The van der Waals surface area contributed by atoms with Gasteiger partial charge in [-0.25, -0.2) is 0 Å². The van der Waals surface area contributed by atoms with Gasteiger partial charge in [-0.2, -0.15) is 0 Å². The Bertz CT molecular complexity index is 360. The summed E-state index contributed by atoms with van der Waals surface area (Å²) in [6.07, 6.45) is 1.32. The zero-order valence-electron chi connectivity index (χ0n) is 9.22. The van der Waals surface area contributed by atoms with Gasteiger partial charge in [-0.1, -0.05) is 11.8 Å². The number of nitrogens with one attached hydrogen (secondary N) is 1. The van der Waals surface area contributed by atoms with Gasteiger partial charge in [0.15, 0.2) is 0 Å². The van der Waals surface area contributed by atoms with E-state index in [2.05, 4.69) is 5.32 Å². The molecule has 17 heavy (non-hydrogen) atoms. The van der Waals surface area contributed by atoms with E-state index >= 15 is 0 Å². The van der Waals surface area contributed by atoms with Crippen molar-refractivity contribution in [1.82, 2.24) is 10.2 Å². The van der Waals surface area contributed by atoms with Crippen molar-refractivity contribution in [2.24, 2.45) is 5.92 Å². The highest BCUT2D eigenvalue weighted by Gasteiger charge is 2.35. The third kappa shape index (κ3) is 2.71. The molecule has 2 atom stereocenters. The van der Waals surface area contributed by atoms with E-state index < -0.39 is 17.9 Å². The number of carboxylic acid groups (broad SMARTS) is 1. The first kappa shape index (κ1) is 12.2. The average Bonchev–Trinajstić information content (AvgIpc) is 2.75. The van der Waals surface area contributed by atoms with Crippen LogP contribution in [0.15, 0.2) is 0 Å². The summed E-state index contributed by atoms with van der Waals surface area (Å²) in [5, 5.41) is 11.3. The van der Waals surface area contributed by atoms with Crippen LogP contribution in [-0.2, 0) is 9.59 Å². The average molecular weight is 258 g/mol. The fraction of sp³-hybridized carbons (Fsp3) is 0.700. The summed E-state index contributed by atoms with van der Waals surface area (Å²) >= 11 is 1.09. The molecular formula is C10H14N2O4S. The van der Waals surface area contributed by atoms with E-state index in [9.17, 15) is 14.4 Å². The molecule has 0 spiro atoms. The quantitative estimate of drug-likeness (QED) is 0.735. The molecule has 2 aliphatic heterocycles. The Hall–Kier alpha value is -1.24. The molecule has 2 aliphatic rings. The first-order valence-corrected chi connectivity index (χ1v) is 6.51. The number of likely N-dealkylation sites (tertiary alicyclic amines) is 1. The normalized spacial score (nSPS) is 28.9. The van der Waals surface area contributed by atoms with Gasteiger partial charge in [0.25, 0.3) is 5.24 Å². The maximum atomic E-state index is 12.0. The molecule has 0 radical (unpaired) electrons. The minimum atomic E-state index is -0.854. The lowest BCUT2D eigenvalue weighted by Crippen LogP contribution is -2.50. The molecule has 2 fully saturated rings. The molecule has 0 aromatic carbocycles. The largest absolute Gasteiger partial charge is 0.481 e. The fourth-order valence-electron chi connectivity index (χ4n) is 2.12. The summed E-state index contributed by atoms with van der Waals surface area (Å²) in [7, 11) is 0. The third-order valence-electron chi connectivity index (χ3n) is 3.05. The molecule has 0 bridgehead atoms. The molecule has 0 aromatic rings. The number of carbonyl (C=O) groups is 3. The lowest BCUT2D eigenvalue weighted by molar-refractivity contribution is -0.146. The number of piperidine rings is 1. The molecule has 2 saturated heterocycles. The number of rotatable bonds is 2. The van der Waals surface area contributed by atoms with Gasteiger partial charge >= 0.3 is 5.97 Å². The molecule has 1 unspecified atom stereocenters. The summed E-state index contributed by atoms with van der Waals surface area (Å²) in [6.45, 7) is 0.838. The van der Waals surface area contributed by atoms with Crippen LogP contribution in [0, 0.1) is 5.92 Å².